The Morgan fingerprint density at radius 1 is 1.00 bits per heavy atom. The minimum Gasteiger partial charge on any atom is -0.326 e. The summed E-state index contributed by atoms with van der Waals surface area (Å²) in [5.41, 5.74) is 8.10. The minimum absolute atomic E-state index is 0.134. The Balaban J connectivity index is 1.77. The molecule has 0 atom stereocenters. The summed E-state index contributed by atoms with van der Waals surface area (Å²) in [4.78, 5) is 13.3. The highest BCUT2D eigenvalue weighted by Crippen LogP contribution is 2.32. The van der Waals surface area contributed by atoms with Crippen molar-refractivity contribution < 1.29 is 17.6 Å². The van der Waals surface area contributed by atoms with Crippen LogP contribution < -0.4 is 15.8 Å². The van der Waals surface area contributed by atoms with E-state index >= 15 is 0 Å². The fourth-order valence-corrected chi connectivity index (χ4v) is 5.82. The van der Waals surface area contributed by atoms with Crippen LogP contribution in [0.1, 0.15) is 49.4 Å². The van der Waals surface area contributed by atoms with Crippen molar-refractivity contribution in [3.05, 3.63) is 95.6 Å². The Hall–Kier alpha value is -3.86. The van der Waals surface area contributed by atoms with Gasteiger partial charge in [0.1, 0.15) is 11.5 Å². The number of nitrogens with two attached hydrogens (primary N) is 1. The maximum Gasteiger partial charge on any atom is 0.274 e. The Kier molecular flexibility index (Phi) is 8.01. The van der Waals surface area contributed by atoms with E-state index in [4.69, 9.17) is 5.73 Å². The summed E-state index contributed by atoms with van der Waals surface area (Å²) in [5, 5.41) is 7.36. The molecule has 0 bridgehead atoms. The maximum absolute atomic E-state index is 14.7. The Labute approximate surface area is 228 Å². The lowest BCUT2D eigenvalue weighted by molar-refractivity contribution is 0.101. The second-order valence-corrected chi connectivity index (χ2v) is 11.8. The van der Waals surface area contributed by atoms with Gasteiger partial charge < -0.3 is 11.1 Å². The standard InChI is InChI=1S/C29H32FN5O3S/c1-5-20-16-26(35(33-20)22-10-8-9-19(15-22)18-31)28(36)32-21-13-14-24(23-11-6-7-12-25(23)30)27(17-21)39(37,38)34-29(2,3)4/h6-17,34H,5,18,31H2,1-4H3,(H,32,36). The molecule has 0 saturated carbocycles. The molecule has 4 aromatic rings. The maximum atomic E-state index is 14.7. The van der Waals surface area contributed by atoms with Crippen molar-refractivity contribution >= 4 is 21.6 Å². The molecular formula is C29H32FN5O3S. The third-order valence-electron chi connectivity index (χ3n) is 5.88. The van der Waals surface area contributed by atoms with E-state index in [1.54, 1.807) is 43.7 Å². The quantitative estimate of drug-likeness (QED) is 0.285. The molecule has 4 N–H and O–H groups in total. The first kappa shape index (κ1) is 28.2. The predicted octanol–water partition coefficient (Wildman–Crippen LogP) is 5.03. The summed E-state index contributed by atoms with van der Waals surface area (Å²) < 4.78 is 45.7. The van der Waals surface area contributed by atoms with Crippen molar-refractivity contribution in [1.82, 2.24) is 14.5 Å². The van der Waals surface area contributed by atoms with Crippen LogP contribution in [0.25, 0.3) is 16.8 Å². The molecule has 10 heteroatoms. The molecule has 1 aromatic heterocycles. The molecule has 4 rings (SSSR count). The van der Waals surface area contributed by atoms with E-state index in [2.05, 4.69) is 15.1 Å². The van der Waals surface area contributed by atoms with Crippen LogP contribution >= 0.6 is 0 Å². The largest absolute Gasteiger partial charge is 0.326 e. The summed E-state index contributed by atoms with van der Waals surface area (Å²) in [6, 6.07) is 19.4. The molecule has 0 spiro atoms. The minimum atomic E-state index is -4.09. The van der Waals surface area contributed by atoms with Gasteiger partial charge in [-0.1, -0.05) is 43.3 Å². The molecule has 0 radical (unpaired) electrons. The zero-order valence-electron chi connectivity index (χ0n) is 22.3. The predicted molar refractivity (Wildman–Crippen MR) is 151 cm³/mol. The highest BCUT2D eigenvalue weighted by Gasteiger charge is 2.27. The summed E-state index contributed by atoms with van der Waals surface area (Å²) >= 11 is 0. The van der Waals surface area contributed by atoms with E-state index in [0.717, 1.165) is 5.56 Å². The Bertz CT molecular complexity index is 1620. The van der Waals surface area contributed by atoms with Crippen LogP contribution in [0, 0.1) is 5.82 Å². The number of nitrogens with zero attached hydrogens (tertiary/aromatic N) is 2. The topological polar surface area (TPSA) is 119 Å². The van der Waals surface area contributed by atoms with E-state index in [1.807, 2.05) is 31.2 Å². The molecule has 1 heterocycles. The number of benzene rings is 3. The first-order valence-corrected chi connectivity index (χ1v) is 14.0. The smallest absolute Gasteiger partial charge is 0.274 e. The average Bonchev–Trinajstić information content (AvgIpc) is 3.33. The third-order valence-corrected chi connectivity index (χ3v) is 7.68. The number of aromatic nitrogens is 2. The van der Waals surface area contributed by atoms with Crippen LogP contribution in [0.15, 0.2) is 77.7 Å². The van der Waals surface area contributed by atoms with E-state index in [-0.39, 0.29) is 27.4 Å². The highest BCUT2D eigenvalue weighted by atomic mass is 32.2. The molecule has 3 aromatic carbocycles. The van der Waals surface area contributed by atoms with Crippen LogP contribution in [0.2, 0.25) is 0 Å². The number of aryl methyl sites for hydroxylation is 1. The molecule has 0 saturated heterocycles. The normalized spacial score (nSPS) is 11.9. The van der Waals surface area contributed by atoms with Crippen LogP contribution in [-0.2, 0) is 23.0 Å². The zero-order chi connectivity index (χ0) is 28.4. The van der Waals surface area contributed by atoms with Gasteiger partial charge in [0.25, 0.3) is 5.91 Å². The van der Waals surface area contributed by atoms with Crippen LogP contribution in [0.3, 0.4) is 0 Å². The van der Waals surface area contributed by atoms with Gasteiger partial charge in [-0.2, -0.15) is 5.10 Å². The van der Waals surface area contributed by atoms with Crippen molar-refractivity contribution in [2.45, 2.75) is 51.1 Å². The fraction of sp³-hybridized carbons (Fsp3) is 0.241. The Morgan fingerprint density at radius 2 is 1.74 bits per heavy atom. The number of hydrogen-bond donors (Lipinski definition) is 3. The second-order valence-electron chi connectivity index (χ2n) is 10.2. The van der Waals surface area contributed by atoms with E-state index in [0.29, 0.717) is 24.3 Å². The SMILES string of the molecule is CCc1cc(C(=O)Nc2ccc(-c3ccccc3F)c(S(=O)(=O)NC(C)(C)C)c2)n(-c2cccc(CN)c2)n1. The molecule has 0 fully saturated rings. The first-order chi connectivity index (χ1) is 18.4. The summed E-state index contributed by atoms with van der Waals surface area (Å²) in [7, 11) is -4.09. The van der Waals surface area contributed by atoms with Gasteiger partial charge in [0.05, 0.1) is 16.3 Å². The van der Waals surface area contributed by atoms with Crippen LogP contribution in [-0.4, -0.2) is 29.6 Å². The third kappa shape index (κ3) is 6.42. The van der Waals surface area contributed by atoms with Crippen LogP contribution in [0.5, 0.6) is 0 Å². The average molecular weight is 550 g/mol. The molecule has 0 aliphatic rings. The number of anilines is 1. The molecule has 0 aliphatic carbocycles. The number of carbonyl (C=O) groups is 1. The summed E-state index contributed by atoms with van der Waals surface area (Å²) in [5.74, 6) is -1.04. The molecule has 8 nitrogen and oxygen atoms in total. The number of rotatable bonds is 8. The van der Waals surface area contributed by atoms with E-state index in [9.17, 15) is 17.6 Å². The Morgan fingerprint density at radius 3 is 2.41 bits per heavy atom. The molecular weight excluding hydrogens is 517 g/mol. The van der Waals surface area contributed by atoms with Gasteiger partial charge in [-0.25, -0.2) is 22.2 Å². The van der Waals surface area contributed by atoms with E-state index in [1.165, 1.54) is 30.3 Å². The number of nitrogens with one attached hydrogen (secondary N) is 2. The van der Waals surface area contributed by atoms with Gasteiger partial charge in [0.15, 0.2) is 0 Å². The lowest BCUT2D eigenvalue weighted by atomic mass is 10.0. The van der Waals surface area contributed by atoms with Crippen molar-refractivity contribution in [2.24, 2.45) is 5.73 Å². The molecule has 1 amide bonds. The number of halogens is 1. The molecule has 0 unspecified atom stereocenters. The zero-order valence-corrected chi connectivity index (χ0v) is 23.1. The van der Waals surface area contributed by atoms with Gasteiger partial charge >= 0.3 is 0 Å². The van der Waals surface area contributed by atoms with E-state index < -0.39 is 27.3 Å². The summed E-state index contributed by atoms with van der Waals surface area (Å²) in [6.45, 7) is 7.41. The van der Waals surface area contributed by atoms with Crippen molar-refractivity contribution in [2.75, 3.05) is 5.32 Å². The van der Waals surface area contributed by atoms with Gasteiger partial charge in [-0.05, 0) is 69.2 Å². The van der Waals surface area contributed by atoms with Crippen LogP contribution in [0.4, 0.5) is 10.1 Å². The molecule has 0 aliphatic heterocycles. The number of amides is 1. The first-order valence-electron chi connectivity index (χ1n) is 12.5. The van der Waals surface area contributed by atoms with Crippen molar-refractivity contribution in [3.63, 3.8) is 0 Å². The fourth-order valence-electron chi connectivity index (χ4n) is 4.15. The monoisotopic (exact) mass is 549 g/mol. The molecule has 204 valence electrons. The highest BCUT2D eigenvalue weighted by molar-refractivity contribution is 7.89. The molecule has 39 heavy (non-hydrogen) atoms. The van der Waals surface area contributed by atoms with Gasteiger partial charge in [-0.15, -0.1) is 0 Å². The number of carbonyl (C=O) groups excluding carboxylic acids is 1. The number of sulfonamides is 1. The van der Waals surface area contributed by atoms with Gasteiger partial charge in [0, 0.05) is 28.9 Å². The van der Waals surface area contributed by atoms with Gasteiger partial charge in [0.2, 0.25) is 10.0 Å². The lowest BCUT2D eigenvalue weighted by Gasteiger charge is -2.22. The number of hydrogen-bond acceptors (Lipinski definition) is 5. The summed E-state index contributed by atoms with van der Waals surface area (Å²) in [6.07, 6.45) is 0.613. The second kappa shape index (κ2) is 11.1. The lowest BCUT2D eigenvalue weighted by Crippen LogP contribution is -2.40. The van der Waals surface area contributed by atoms with Gasteiger partial charge in [-0.3, -0.25) is 4.79 Å². The van der Waals surface area contributed by atoms with Crippen molar-refractivity contribution in [3.8, 4) is 16.8 Å². The van der Waals surface area contributed by atoms with Crippen molar-refractivity contribution in [1.29, 1.82) is 0 Å².